The highest BCUT2D eigenvalue weighted by Crippen LogP contribution is 2.47. The van der Waals surface area contributed by atoms with E-state index in [1.807, 2.05) is 42.7 Å². The van der Waals surface area contributed by atoms with Crippen LogP contribution in [0.4, 0.5) is 0 Å². The molecule has 3 aliphatic rings. The number of rotatable bonds is 6. The van der Waals surface area contributed by atoms with Crippen LogP contribution >= 0.6 is 0 Å². The van der Waals surface area contributed by atoms with Gasteiger partial charge in [-0.2, -0.15) is 0 Å². The van der Waals surface area contributed by atoms with E-state index in [0.717, 1.165) is 50.9 Å². The van der Waals surface area contributed by atoms with Crippen molar-refractivity contribution in [2.24, 2.45) is 17.8 Å². The highest BCUT2D eigenvalue weighted by atomic mass is 16.3. The predicted octanol–water partition coefficient (Wildman–Crippen LogP) is 2.71. The Morgan fingerprint density at radius 3 is 2.38 bits per heavy atom. The molecular formula is C24H29N3O2. The number of aromatic nitrogens is 1. The molecule has 2 saturated carbocycles. The first kappa shape index (κ1) is 18.8. The number of hydrogen-bond acceptors (Lipinski definition) is 4. The number of amides is 1. The van der Waals surface area contributed by atoms with E-state index in [1.54, 1.807) is 0 Å². The summed E-state index contributed by atoms with van der Waals surface area (Å²) in [5.41, 5.74) is 0.599. The molecule has 2 N–H and O–H groups in total. The van der Waals surface area contributed by atoms with Crippen molar-refractivity contribution in [2.45, 2.75) is 43.9 Å². The van der Waals surface area contributed by atoms with Crippen molar-refractivity contribution in [1.29, 1.82) is 0 Å². The van der Waals surface area contributed by atoms with Gasteiger partial charge in [-0.3, -0.25) is 14.7 Å². The zero-order chi connectivity index (χ0) is 19.8. The van der Waals surface area contributed by atoms with Crippen LogP contribution in [0.1, 0.15) is 36.8 Å². The first-order chi connectivity index (χ1) is 14.2. The van der Waals surface area contributed by atoms with Gasteiger partial charge in [-0.1, -0.05) is 43.2 Å². The van der Waals surface area contributed by atoms with Crippen LogP contribution in [0, 0.1) is 17.8 Å². The van der Waals surface area contributed by atoms with E-state index in [4.69, 9.17) is 0 Å². The Hall–Kier alpha value is -2.24. The van der Waals surface area contributed by atoms with E-state index in [1.165, 1.54) is 5.56 Å². The Kier molecular flexibility index (Phi) is 4.88. The van der Waals surface area contributed by atoms with E-state index in [-0.39, 0.29) is 17.9 Å². The summed E-state index contributed by atoms with van der Waals surface area (Å²) < 4.78 is 0. The molecule has 2 heterocycles. The number of carbonyl (C=O) groups is 1. The van der Waals surface area contributed by atoms with E-state index in [0.29, 0.717) is 11.8 Å². The van der Waals surface area contributed by atoms with Crippen molar-refractivity contribution in [2.75, 3.05) is 13.1 Å². The number of carbonyl (C=O) groups excluding carboxylic acids is 1. The normalized spacial score (nSPS) is 28.7. The van der Waals surface area contributed by atoms with Crippen LogP contribution in [-0.2, 0) is 16.9 Å². The van der Waals surface area contributed by atoms with Gasteiger partial charge in [0.05, 0.1) is 0 Å². The van der Waals surface area contributed by atoms with Crippen LogP contribution in [-0.4, -0.2) is 40.0 Å². The lowest BCUT2D eigenvalue weighted by Crippen LogP contribution is -2.50. The Morgan fingerprint density at radius 1 is 1.07 bits per heavy atom. The minimum atomic E-state index is -1.41. The molecular weight excluding hydrogens is 362 g/mol. The Bertz CT molecular complexity index is 841. The van der Waals surface area contributed by atoms with Crippen LogP contribution in [0.2, 0.25) is 0 Å². The van der Waals surface area contributed by atoms with Crippen molar-refractivity contribution in [1.82, 2.24) is 15.2 Å². The van der Waals surface area contributed by atoms with Gasteiger partial charge in [-0.05, 0) is 47.9 Å². The number of fused-ring (bicyclic) bond motifs is 1. The van der Waals surface area contributed by atoms with Gasteiger partial charge in [0.25, 0.3) is 5.91 Å². The van der Waals surface area contributed by atoms with E-state index >= 15 is 0 Å². The SMILES string of the molecule is O=C(NC1C2CN(Cc3ccncc3)CC21)C(O)(c1ccccc1)C1CCCC1. The summed E-state index contributed by atoms with van der Waals surface area (Å²) in [6.07, 6.45) is 7.68. The smallest absolute Gasteiger partial charge is 0.257 e. The minimum absolute atomic E-state index is 0.00618. The minimum Gasteiger partial charge on any atom is -0.375 e. The maximum absolute atomic E-state index is 13.3. The number of pyridine rings is 1. The summed E-state index contributed by atoms with van der Waals surface area (Å²) in [6, 6.07) is 13.9. The van der Waals surface area contributed by atoms with E-state index < -0.39 is 5.60 Å². The number of benzene rings is 1. The summed E-state index contributed by atoms with van der Waals surface area (Å²) in [6.45, 7) is 2.95. The molecule has 3 unspecified atom stereocenters. The summed E-state index contributed by atoms with van der Waals surface area (Å²) in [5.74, 6) is 0.816. The maximum atomic E-state index is 13.3. The number of nitrogens with one attached hydrogen (secondary N) is 1. The average molecular weight is 392 g/mol. The number of hydrogen-bond donors (Lipinski definition) is 2. The van der Waals surface area contributed by atoms with Gasteiger partial charge >= 0.3 is 0 Å². The molecule has 0 bridgehead atoms. The van der Waals surface area contributed by atoms with Crippen molar-refractivity contribution in [3.05, 3.63) is 66.0 Å². The molecule has 1 aromatic heterocycles. The van der Waals surface area contributed by atoms with Crippen molar-refractivity contribution >= 4 is 5.91 Å². The average Bonchev–Trinajstić information content (AvgIpc) is 3.18. The molecule has 1 aliphatic heterocycles. The van der Waals surface area contributed by atoms with Gasteiger partial charge < -0.3 is 10.4 Å². The molecule has 2 aromatic rings. The third-order valence-corrected chi connectivity index (χ3v) is 7.23. The van der Waals surface area contributed by atoms with Gasteiger partial charge in [0.1, 0.15) is 0 Å². The molecule has 2 aliphatic carbocycles. The highest BCUT2D eigenvalue weighted by Gasteiger charge is 2.58. The number of aliphatic hydroxyl groups is 1. The lowest BCUT2D eigenvalue weighted by molar-refractivity contribution is -0.147. The molecule has 5 nitrogen and oxygen atoms in total. The largest absolute Gasteiger partial charge is 0.375 e. The third-order valence-electron chi connectivity index (χ3n) is 7.23. The topological polar surface area (TPSA) is 65.5 Å². The van der Waals surface area contributed by atoms with Crippen LogP contribution in [0.3, 0.4) is 0 Å². The zero-order valence-electron chi connectivity index (χ0n) is 16.7. The van der Waals surface area contributed by atoms with Crippen molar-refractivity contribution in [3.63, 3.8) is 0 Å². The molecule has 5 rings (SSSR count). The third kappa shape index (κ3) is 3.47. The van der Waals surface area contributed by atoms with Crippen LogP contribution in [0.15, 0.2) is 54.9 Å². The molecule has 1 aromatic carbocycles. The second-order valence-electron chi connectivity index (χ2n) is 8.99. The van der Waals surface area contributed by atoms with Gasteiger partial charge in [-0.25, -0.2) is 0 Å². The first-order valence-corrected chi connectivity index (χ1v) is 10.9. The molecule has 152 valence electrons. The second kappa shape index (κ2) is 7.54. The number of piperidine rings is 1. The molecule has 29 heavy (non-hydrogen) atoms. The fraction of sp³-hybridized carbons (Fsp3) is 0.500. The van der Waals surface area contributed by atoms with Crippen LogP contribution in [0.5, 0.6) is 0 Å². The van der Waals surface area contributed by atoms with E-state index in [9.17, 15) is 9.90 Å². The van der Waals surface area contributed by atoms with Crippen molar-refractivity contribution < 1.29 is 9.90 Å². The standard InChI is InChI=1S/C24H29N3O2/c28-23(24(29,19-8-4-5-9-19)18-6-2-1-3-7-18)26-22-20-15-27(16-21(20)22)14-17-10-12-25-13-11-17/h1-3,6-7,10-13,19-22,29H,4-5,8-9,14-16H2,(H,26,28). The van der Waals surface area contributed by atoms with E-state index in [2.05, 4.69) is 27.3 Å². The zero-order valence-corrected chi connectivity index (χ0v) is 16.7. The van der Waals surface area contributed by atoms with Crippen molar-refractivity contribution in [3.8, 4) is 0 Å². The summed E-state index contributed by atoms with van der Waals surface area (Å²) in [5, 5.41) is 14.8. The molecule has 5 heteroatoms. The lowest BCUT2D eigenvalue weighted by atomic mass is 9.79. The highest BCUT2D eigenvalue weighted by molar-refractivity contribution is 5.87. The number of likely N-dealkylation sites (tertiary alicyclic amines) is 1. The molecule has 0 radical (unpaired) electrons. The van der Waals surface area contributed by atoms with Gasteiger partial charge in [-0.15, -0.1) is 0 Å². The predicted molar refractivity (Wildman–Crippen MR) is 111 cm³/mol. The lowest BCUT2D eigenvalue weighted by Gasteiger charge is -2.33. The quantitative estimate of drug-likeness (QED) is 0.795. The van der Waals surface area contributed by atoms with Gasteiger partial charge in [0, 0.05) is 44.0 Å². The van der Waals surface area contributed by atoms with Crippen LogP contribution in [0.25, 0.3) is 0 Å². The molecule has 3 fully saturated rings. The Morgan fingerprint density at radius 2 is 1.72 bits per heavy atom. The molecule has 0 spiro atoms. The fourth-order valence-corrected chi connectivity index (χ4v) is 5.55. The summed E-state index contributed by atoms with van der Waals surface area (Å²) in [7, 11) is 0. The summed E-state index contributed by atoms with van der Waals surface area (Å²) in [4.78, 5) is 19.9. The fourth-order valence-electron chi connectivity index (χ4n) is 5.55. The van der Waals surface area contributed by atoms with Crippen LogP contribution < -0.4 is 5.32 Å². The molecule has 1 amide bonds. The summed E-state index contributed by atoms with van der Waals surface area (Å²) >= 11 is 0. The van der Waals surface area contributed by atoms with Gasteiger partial charge in [0.15, 0.2) is 5.60 Å². The first-order valence-electron chi connectivity index (χ1n) is 10.9. The Labute approximate surface area is 172 Å². The van der Waals surface area contributed by atoms with Gasteiger partial charge in [0.2, 0.25) is 0 Å². The molecule has 1 saturated heterocycles. The second-order valence-corrected chi connectivity index (χ2v) is 8.99. The monoisotopic (exact) mass is 391 g/mol. The Balaban J connectivity index is 1.24. The maximum Gasteiger partial charge on any atom is 0.257 e. The number of nitrogens with zero attached hydrogens (tertiary/aromatic N) is 2. The molecule has 3 atom stereocenters.